The van der Waals surface area contributed by atoms with E-state index in [0.717, 1.165) is 6.54 Å². The summed E-state index contributed by atoms with van der Waals surface area (Å²) >= 11 is 0. The summed E-state index contributed by atoms with van der Waals surface area (Å²) in [6, 6.07) is 0. The van der Waals surface area contributed by atoms with Gasteiger partial charge in [-0.15, -0.1) is 0 Å². The highest BCUT2D eigenvalue weighted by Gasteiger charge is 2.30. The first-order chi connectivity index (χ1) is 3.60. The van der Waals surface area contributed by atoms with Gasteiger partial charge in [0.15, 0.2) is 7.85 Å². The molecule has 1 fully saturated rings. The van der Waals surface area contributed by atoms with E-state index in [1.807, 2.05) is 11.9 Å². The van der Waals surface area contributed by atoms with Gasteiger partial charge in [-0.3, -0.25) is 4.39 Å². The average Bonchev–Trinajstić information content (AvgIpc) is 1.82. The smallest absolute Gasteiger partial charge is 0.152 e. The second-order valence-electron chi connectivity index (χ2n) is 2.90. The maximum atomic E-state index is 12.8. The molecule has 8 heavy (non-hydrogen) atoms. The van der Waals surface area contributed by atoms with Crippen LogP contribution in [0.1, 0.15) is 6.42 Å². The van der Waals surface area contributed by atoms with Crippen molar-refractivity contribution in [2.24, 2.45) is 0 Å². The van der Waals surface area contributed by atoms with E-state index in [4.69, 9.17) is 0 Å². The second kappa shape index (κ2) is 1.73. The maximum absolute atomic E-state index is 12.8. The van der Waals surface area contributed by atoms with Crippen molar-refractivity contribution in [1.82, 2.24) is 4.90 Å². The summed E-state index contributed by atoms with van der Waals surface area (Å²) in [6.07, 6.45) is 0.698. The molecule has 0 amide bonds. The summed E-state index contributed by atoms with van der Waals surface area (Å²) in [5.74, 6) is 0. The van der Waals surface area contributed by atoms with Crippen LogP contribution in [0.3, 0.4) is 0 Å². The van der Waals surface area contributed by atoms with E-state index in [0.29, 0.717) is 13.0 Å². The SMILES string of the molecule is BC1(F)CCN(C)C1. The Hall–Kier alpha value is -0.0451. The van der Waals surface area contributed by atoms with Crippen LogP contribution >= 0.6 is 0 Å². The van der Waals surface area contributed by atoms with E-state index >= 15 is 0 Å². The van der Waals surface area contributed by atoms with Crippen LogP contribution < -0.4 is 0 Å². The molecule has 46 valence electrons. The summed E-state index contributed by atoms with van der Waals surface area (Å²) in [4.78, 5) is 2.01. The van der Waals surface area contributed by atoms with Crippen LogP contribution in [-0.4, -0.2) is 38.5 Å². The zero-order chi connectivity index (χ0) is 6.20. The molecule has 0 aromatic rings. The largest absolute Gasteiger partial charge is 0.304 e. The molecular weight excluding hydrogens is 104 g/mol. The van der Waals surface area contributed by atoms with E-state index < -0.39 is 5.57 Å². The maximum Gasteiger partial charge on any atom is 0.152 e. The number of rotatable bonds is 0. The first kappa shape index (κ1) is 6.08. The molecule has 0 aliphatic carbocycles. The lowest BCUT2D eigenvalue weighted by Gasteiger charge is -2.11. The number of hydrogen-bond acceptors (Lipinski definition) is 1. The van der Waals surface area contributed by atoms with Gasteiger partial charge >= 0.3 is 0 Å². The highest BCUT2D eigenvalue weighted by atomic mass is 19.1. The number of alkyl halides is 1. The summed E-state index contributed by atoms with van der Waals surface area (Å²) in [5, 5.41) is 0. The van der Waals surface area contributed by atoms with Gasteiger partial charge in [0.05, 0.1) is 5.57 Å². The standard InChI is InChI=1S/C5H11BFN/c1-8-3-2-5(6,7)4-8/h2-4,6H2,1H3. The van der Waals surface area contributed by atoms with Gasteiger partial charge in [-0.2, -0.15) is 0 Å². The summed E-state index contributed by atoms with van der Waals surface area (Å²) in [5.41, 5.74) is -0.908. The summed E-state index contributed by atoms with van der Waals surface area (Å²) in [7, 11) is 3.61. The van der Waals surface area contributed by atoms with Crippen molar-refractivity contribution in [1.29, 1.82) is 0 Å². The molecule has 0 saturated carbocycles. The summed E-state index contributed by atoms with van der Waals surface area (Å²) in [6.45, 7) is 1.51. The van der Waals surface area contributed by atoms with E-state index in [1.165, 1.54) is 0 Å². The molecule has 1 aliphatic rings. The van der Waals surface area contributed by atoms with E-state index in [9.17, 15) is 4.39 Å². The molecule has 1 heterocycles. The Bertz CT molecular complexity index is 94.4. The van der Waals surface area contributed by atoms with Crippen LogP contribution in [0.5, 0.6) is 0 Å². The van der Waals surface area contributed by atoms with Crippen molar-refractivity contribution in [2.75, 3.05) is 20.1 Å². The highest BCUT2D eigenvalue weighted by molar-refractivity contribution is 6.14. The Morgan fingerprint density at radius 2 is 2.38 bits per heavy atom. The van der Waals surface area contributed by atoms with Gasteiger partial charge in [-0.25, -0.2) is 0 Å². The topological polar surface area (TPSA) is 3.24 Å². The lowest BCUT2D eigenvalue weighted by molar-refractivity contribution is 0.275. The molecule has 1 aliphatic heterocycles. The molecular formula is C5H11BFN. The van der Waals surface area contributed by atoms with Crippen molar-refractivity contribution in [2.45, 2.75) is 12.0 Å². The van der Waals surface area contributed by atoms with Gasteiger partial charge in [-0.05, 0) is 13.5 Å². The highest BCUT2D eigenvalue weighted by Crippen LogP contribution is 2.19. The molecule has 1 atom stereocenters. The zero-order valence-electron chi connectivity index (χ0n) is 5.45. The van der Waals surface area contributed by atoms with E-state index in [-0.39, 0.29) is 0 Å². The Kier molecular flexibility index (Phi) is 1.31. The van der Waals surface area contributed by atoms with Crippen LogP contribution in [-0.2, 0) is 0 Å². The average molecular weight is 115 g/mol. The third-order valence-electron chi connectivity index (χ3n) is 1.61. The molecule has 0 N–H and O–H groups in total. The van der Waals surface area contributed by atoms with Crippen molar-refractivity contribution in [3.63, 3.8) is 0 Å². The Balaban J connectivity index is 2.44. The predicted octanol–water partition coefficient (Wildman–Crippen LogP) is -0.379. The van der Waals surface area contributed by atoms with Crippen LogP contribution in [0.2, 0.25) is 0 Å². The third-order valence-corrected chi connectivity index (χ3v) is 1.61. The Morgan fingerprint density at radius 1 is 1.75 bits per heavy atom. The van der Waals surface area contributed by atoms with E-state index in [2.05, 4.69) is 0 Å². The van der Waals surface area contributed by atoms with Gasteiger partial charge in [0.1, 0.15) is 0 Å². The third kappa shape index (κ3) is 1.22. The minimum atomic E-state index is -0.908. The molecule has 3 heteroatoms. The van der Waals surface area contributed by atoms with Crippen molar-refractivity contribution < 1.29 is 4.39 Å². The number of halogens is 1. The van der Waals surface area contributed by atoms with Crippen molar-refractivity contribution in [3.8, 4) is 0 Å². The van der Waals surface area contributed by atoms with E-state index in [1.54, 1.807) is 7.85 Å². The molecule has 0 aromatic heterocycles. The molecule has 1 unspecified atom stereocenters. The molecule has 1 saturated heterocycles. The lowest BCUT2D eigenvalue weighted by Crippen LogP contribution is -2.26. The molecule has 0 aromatic carbocycles. The second-order valence-corrected chi connectivity index (χ2v) is 2.90. The first-order valence-corrected chi connectivity index (χ1v) is 2.98. The van der Waals surface area contributed by atoms with Crippen LogP contribution in [0.25, 0.3) is 0 Å². The minimum Gasteiger partial charge on any atom is -0.304 e. The molecule has 0 spiro atoms. The van der Waals surface area contributed by atoms with Crippen LogP contribution in [0, 0.1) is 0 Å². The molecule has 0 bridgehead atoms. The molecule has 1 rings (SSSR count). The van der Waals surface area contributed by atoms with Gasteiger partial charge in [0.25, 0.3) is 0 Å². The van der Waals surface area contributed by atoms with Crippen molar-refractivity contribution >= 4 is 7.85 Å². The predicted molar refractivity (Wildman–Crippen MR) is 34.5 cm³/mol. The fourth-order valence-corrected chi connectivity index (χ4v) is 1.14. The number of likely N-dealkylation sites (tertiary alicyclic amines) is 1. The normalized spacial score (nSPS) is 40.8. The summed E-state index contributed by atoms with van der Waals surface area (Å²) < 4.78 is 12.8. The van der Waals surface area contributed by atoms with Gasteiger partial charge in [-0.1, -0.05) is 0 Å². The lowest BCUT2D eigenvalue weighted by atomic mass is 9.83. The molecule has 0 radical (unpaired) electrons. The Labute approximate surface area is 50.3 Å². The number of hydrogen-bond donors (Lipinski definition) is 0. The monoisotopic (exact) mass is 115 g/mol. The van der Waals surface area contributed by atoms with Crippen LogP contribution in [0.4, 0.5) is 4.39 Å². The quantitative estimate of drug-likeness (QED) is 0.389. The number of nitrogens with zero attached hydrogens (tertiary/aromatic N) is 1. The van der Waals surface area contributed by atoms with Crippen molar-refractivity contribution in [3.05, 3.63) is 0 Å². The van der Waals surface area contributed by atoms with Gasteiger partial charge in [0, 0.05) is 13.1 Å². The first-order valence-electron chi connectivity index (χ1n) is 2.98. The van der Waals surface area contributed by atoms with Crippen LogP contribution in [0.15, 0.2) is 0 Å². The fraction of sp³-hybridized carbons (Fsp3) is 1.00. The minimum absolute atomic E-state index is 0.604. The van der Waals surface area contributed by atoms with Gasteiger partial charge in [0.2, 0.25) is 0 Å². The fourth-order valence-electron chi connectivity index (χ4n) is 1.14. The molecule has 1 nitrogen and oxygen atoms in total. The Morgan fingerprint density at radius 3 is 2.50 bits per heavy atom. The van der Waals surface area contributed by atoms with Gasteiger partial charge < -0.3 is 4.90 Å². The zero-order valence-corrected chi connectivity index (χ0v) is 5.45.